The normalized spacial score (nSPS) is 29.2. The maximum Gasteiger partial charge on any atom is 0.236 e. The first-order valence-corrected chi connectivity index (χ1v) is 7.30. The summed E-state index contributed by atoms with van der Waals surface area (Å²) in [6.07, 6.45) is 7.63. The molecule has 2 amide bonds. The van der Waals surface area contributed by atoms with Crippen LogP contribution in [0.5, 0.6) is 0 Å². The van der Waals surface area contributed by atoms with Gasteiger partial charge in [-0.15, -0.1) is 0 Å². The van der Waals surface area contributed by atoms with Gasteiger partial charge in [0, 0.05) is 12.5 Å². The molecule has 1 saturated carbocycles. The number of carbonyl (C=O) groups is 2. The van der Waals surface area contributed by atoms with Gasteiger partial charge in [-0.3, -0.25) is 14.5 Å². The molecule has 0 radical (unpaired) electrons. The van der Waals surface area contributed by atoms with Crippen LogP contribution in [0.2, 0.25) is 0 Å². The zero-order valence-corrected chi connectivity index (χ0v) is 10.9. The molecule has 0 bridgehead atoms. The summed E-state index contributed by atoms with van der Waals surface area (Å²) in [7, 11) is 0. The number of hydrogen-bond acceptors (Lipinski definition) is 3. The van der Waals surface area contributed by atoms with E-state index >= 15 is 0 Å². The summed E-state index contributed by atoms with van der Waals surface area (Å²) in [4.78, 5) is 26.5. The molecule has 0 unspecified atom stereocenters. The van der Waals surface area contributed by atoms with E-state index in [-0.39, 0.29) is 23.3 Å². The van der Waals surface area contributed by atoms with Gasteiger partial charge in [0.15, 0.2) is 0 Å². The number of carbonyl (C=O) groups excluding carboxylic acids is 2. The van der Waals surface area contributed by atoms with Crippen LogP contribution in [0, 0.1) is 5.41 Å². The van der Waals surface area contributed by atoms with Gasteiger partial charge in [0.2, 0.25) is 11.8 Å². The number of likely N-dealkylation sites (tertiary alicyclic amines) is 1. The average molecular weight is 250 g/mol. The zero-order chi connectivity index (χ0) is 12.6. The first-order valence-electron chi connectivity index (χ1n) is 7.30. The third-order valence-corrected chi connectivity index (χ3v) is 4.92. The Balaban J connectivity index is 1.79. The Bertz CT molecular complexity index is 355. The van der Waals surface area contributed by atoms with Crippen LogP contribution in [0.4, 0.5) is 0 Å². The van der Waals surface area contributed by atoms with Gasteiger partial charge in [0.1, 0.15) is 0 Å². The molecule has 3 rings (SSSR count). The highest BCUT2D eigenvalue weighted by Crippen LogP contribution is 2.46. The summed E-state index contributed by atoms with van der Waals surface area (Å²) in [5, 5.41) is 3.29. The minimum Gasteiger partial charge on any atom is -0.317 e. The van der Waals surface area contributed by atoms with Gasteiger partial charge < -0.3 is 5.32 Å². The quantitative estimate of drug-likeness (QED) is 0.717. The summed E-state index contributed by atoms with van der Waals surface area (Å²) < 4.78 is 0. The highest BCUT2D eigenvalue weighted by atomic mass is 16.2. The monoisotopic (exact) mass is 250 g/mol. The van der Waals surface area contributed by atoms with Crippen molar-refractivity contribution in [3.63, 3.8) is 0 Å². The Morgan fingerprint density at radius 3 is 2.39 bits per heavy atom. The molecule has 0 aromatic carbocycles. The molecule has 4 heteroatoms. The molecule has 2 saturated heterocycles. The molecule has 0 aromatic rings. The Morgan fingerprint density at radius 2 is 1.72 bits per heavy atom. The molecule has 100 valence electrons. The van der Waals surface area contributed by atoms with Crippen LogP contribution in [0.3, 0.4) is 0 Å². The molecule has 3 fully saturated rings. The van der Waals surface area contributed by atoms with Crippen LogP contribution in [-0.4, -0.2) is 35.8 Å². The standard InChI is InChI=1S/C14H22N2O2/c17-12-10-14(6-2-1-3-7-14)13(18)16(12)11-4-8-15-9-5-11/h11,15H,1-10H2. The van der Waals surface area contributed by atoms with Crippen molar-refractivity contribution in [2.24, 2.45) is 5.41 Å². The zero-order valence-electron chi connectivity index (χ0n) is 10.9. The lowest BCUT2D eigenvalue weighted by Gasteiger charge is -2.34. The third-order valence-electron chi connectivity index (χ3n) is 4.92. The van der Waals surface area contributed by atoms with Gasteiger partial charge in [-0.25, -0.2) is 0 Å². The van der Waals surface area contributed by atoms with Gasteiger partial charge in [-0.2, -0.15) is 0 Å². The van der Waals surface area contributed by atoms with Crippen molar-refractivity contribution in [1.29, 1.82) is 0 Å². The predicted octanol–water partition coefficient (Wildman–Crippen LogP) is 1.45. The Hall–Kier alpha value is -0.900. The number of amides is 2. The molecule has 18 heavy (non-hydrogen) atoms. The molecule has 4 nitrogen and oxygen atoms in total. The lowest BCUT2D eigenvalue weighted by Crippen LogP contribution is -2.47. The first-order chi connectivity index (χ1) is 8.73. The number of nitrogens with zero attached hydrogens (tertiary/aromatic N) is 1. The second-order valence-corrected chi connectivity index (χ2v) is 6.07. The smallest absolute Gasteiger partial charge is 0.236 e. The molecular formula is C14H22N2O2. The van der Waals surface area contributed by atoms with Crippen molar-refractivity contribution in [3.05, 3.63) is 0 Å². The SMILES string of the molecule is O=C1CC2(CCCCC2)C(=O)N1C1CCNCC1. The topological polar surface area (TPSA) is 49.4 Å². The molecule has 3 aliphatic rings. The highest BCUT2D eigenvalue weighted by molar-refractivity contribution is 6.06. The van der Waals surface area contributed by atoms with E-state index in [9.17, 15) is 9.59 Å². The summed E-state index contributed by atoms with van der Waals surface area (Å²) in [6.45, 7) is 1.85. The van der Waals surface area contributed by atoms with Crippen LogP contribution in [0.15, 0.2) is 0 Å². The molecule has 0 aromatic heterocycles. The largest absolute Gasteiger partial charge is 0.317 e. The van der Waals surface area contributed by atoms with Gasteiger partial charge >= 0.3 is 0 Å². The van der Waals surface area contributed by atoms with Crippen molar-refractivity contribution >= 4 is 11.8 Å². The van der Waals surface area contributed by atoms with E-state index < -0.39 is 0 Å². The number of hydrogen-bond donors (Lipinski definition) is 1. The summed E-state index contributed by atoms with van der Waals surface area (Å²) >= 11 is 0. The molecular weight excluding hydrogens is 228 g/mol. The van der Waals surface area contributed by atoms with E-state index in [4.69, 9.17) is 0 Å². The van der Waals surface area contributed by atoms with E-state index in [1.54, 1.807) is 4.90 Å². The van der Waals surface area contributed by atoms with Gasteiger partial charge in [0.05, 0.1) is 5.41 Å². The minimum atomic E-state index is -0.305. The van der Waals surface area contributed by atoms with Crippen LogP contribution in [0.1, 0.15) is 51.4 Å². The molecule has 2 aliphatic heterocycles. The number of piperidine rings is 1. The van der Waals surface area contributed by atoms with E-state index in [1.807, 2.05) is 0 Å². The molecule has 0 atom stereocenters. The summed E-state index contributed by atoms with van der Waals surface area (Å²) in [5.41, 5.74) is -0.305. The maximum atomic E-state index is 12.7. The molecule has 1 aliphatic carbocycles. The number of nitrogens with one attached hydrogen (secondary N) is 1. The van der Waals surface area contributed by atoms with E-state index in [1.165, 1.54) is 6.42 Å². The van der Waals surface area contributed by atoms with Crippen molar-refractivity contribution in [1.82, 2.24) is 10.2 Å². The Kier molecular flexibility index (Phi) is 3.14. The van der Waals surface area contributed by atoms with Crippen LogP contribution >= 0.6 is 0 Å². The average Bonchev–Trinajstić information content (AvgIpc) is 2.63. The Labute approximate surface area is 108 Å². The van der Waals surface area contributed by atoms with Crippen LogP contribution in [-0.2, 0) is 9.59 Å². The van der Waals surface area contributed by atoms with Crippen molar-refractivity contribution in [2.75, 3.05) is 13.1 Å². The fourth-order valence-corrected chi connectivity index (χ4v) is 3.87. The number of imide groups is 1. The lowest BCUT2D eigenvalue weighted by molar-refractivity contribution is -0.145. The predicted molar refractivity (Wildman–Crippen MR) is 67.9 cm³/mol. The molecule has 1 spiro atoms. The Morgan fingerprint density at radius 1 is 1.06 bits per heavy atom. The van der Waals surface area contributed by atoms with Gasteiger partial charge in [-0.1, -0.05) is 19.3 Å². The van der Waals surface area contributed by atoms with Crippen molar-refractivity contribution in [2.45, 2.75) is 57.4 Å². The molecule has 2 heterocycles. The lowest BCUT2D eigenvalue weighted by atomic mass is 9.73. The summed E-state index contributed by atoms with van der Waals surface area (Å²) in [6, 6.07) is 0.160. The second-order valence-electron chi connectivity index (χ2n) is 6.07. The summed E-state index contributed by atoms with van der Waals surface area (Å²) in [5.74, 6) is 0.243. The van der Waals surface area contributed by atoms with Crippen molar-refractivity contribution in [3.8, 4) is 0 Å². The van der Waals surface area contributed by atoms with E-state index in [0.717, 1.165) is 51.6 Å². The maximum absolute atomic E-state index is 12.7. The fraction of sp³-hybridized carbons (Fsp3) is 0.857. The first kappa shape index (κ1) is 12.2. The van der Waals surface area contributed by atoms with E-state index in [0.29, 0.717) is 6.42 Å². The van der Waals surface area contributed by atoms with Crippen LogP contribution < -0.4 is 5.32 Å². The van der Waals surface area contributed by atoms with Gasteiger partial charge in [0.25, 0.3) is 0 Å². The van der Waals surface area contributed by atoms with E-state index in [2.05, 4.69) is 5.32 Å². The number of rotatable bonds is 1. The third kappa shape index (κ3) is 1.87. The second kappa shape index (κ2) is 4.65. The highest BCUT2D eigenvalue weighted by Gasteiger charge is 2.53. The van der Waals surface area contributed by atoms with Gasteiger partial charge in [-0.05, 0) is 38.8 Å². The van der Waals surface area contributed by atoms with Crippen molar-refractivity contribution < 1.29 is 9.59 Å². The van der Waals surface area contributed by atoms with Crippen LogP contribution in [0.25, 0.3) is 0 Å². The minimum absolute atomic E-state index is 0.0915. The molecule has 1 N–H and O–H groups in total. The fourth-order valence-electron chi connectivity index (χ4n) is 3.87.